The number of nitrogens with zero attached hydrogens (tertiary/aromatic N) is 2. The van der Waals surface area contributed by atoms with Gasteiger partial charge < -0.3 is 15.4 Å². The summed E-state index contributed by atoms with van der Waals surface area (Å²) in [5.41, 5.74) is 1.47. The second-order valence-corrected chi connectivity index (χ2v) is 8.46. The molecule has 8 heteroatoms. The molecule has 0 atom stereocenters. The quantitative estimate of drug-likeness (QED) is 0.554. The second-order valence-electron chi connectivity index (χ2n) is 7.46. The minimum Gasteiger partial charge on any atom is -0.488 e. The third kappa shape index (κ3) is 4.23. The van der Waals surface area contributed by atoms with Crippen LogP contribution < -0.4 is 15.4 Å². The molecule has 0 spiro atoms. The van der Waals surface area contributed by atoms with Crippen molar-refractivity contribution in [3.63, 3.8) is 0 Å². The van der Waals surface area contributed by atoms with E-state index in [4.69, 9.17) is 4.74 Å². The number of hydrogen-bond donors (Lipinski definition) is 2. The largest absolute Gasteiger partial charge is 0.488 e. The topological polar surface area (TPSA) is 76.1 Å². The third-order valence-electron chi connectivity index (χ3n) is 5.31. The highest BCUT2D eigenvalue weighted by Gasteiger charge is 2.21. The summed E-state index contributed by atoms with van der Waals surface area (Å²) < 4.78 is 20.1. The number of hydrogen-bond acceptors (Lipinski definition) is 6. The first-order chi connectivity index (χ1) is 14.6. The smallest absolute Gasteiger partial charge is 0.261 e. The zero-order valence-electron chi connectivity index (χ0n) is 17.1. The lowest BCUT2D eigenvalue weighted by atomic mass is 9.98. The summed E-state index contributed by atoms with van der Waals surface area (Å²) >= 11 is 1.34. The Morgan fingerprint density at radius 1 is 1.27 bits per heavy atom. The van der Waals surface area contributed by atoms with Crippen molar-refractivity contribution < 1.29 is 13.9 Å². The number of benzene rings is 1. The zero-order valence-corrected chi connectivity index (χ0v) is 17.9. The van der Waals surface area contributed by atoms with E-state index < -0.39 is 0 Å². The Bertz CT molecular complexity index is 1060. The van der Waals surface area contributed by atoms with Gasteiger partial charge in [-0.2, -0.15) is 0 Å². The minimum atomic E-state index is -0.343. The van der Waals surface area contributed by atoms with Gasteiger partial charge in [-0.3, -0.25) is 4.79 Å². The number of aryl methyl sites for hydroxylation is 1. The molecule has 30 heavy (non-hydrogen) atoms. The van der Waals surface area contributed by atoms with Gasteiger partial charge in [0.05, 0.1) is 22.1 Å². The number of nitrogens with one attached hydrogen (secondary N) is 2. The summed E-state index contributed by atoms with van der Waals surface area (Å²) in [6.45, 7) is 4.33. The Morgan fingerprint density at radius 2 is 2.07 bits per heavy atom. The zero-order chi connectivity index (χ0) is 21.1. The molecule has 158 valence electrons. The number of halogens is 1. The summed E-state index contributed by atoms with van der Waals surface area (Å²) in [5.74, 6) is 0.589. The number of thiophene rings is 1. The van der Waals surface area contributed by atoms with Gasteiger partial charge in [-0.05, 0) is 57.2 Å². The maximum atomic E-state index is 13.9. The van der Waals surface area contributed by atoms with Crippen molar-refractivity contribution >= 4 is 39.0 Å². The molecule has 1 amide bonds. The summed E-state index contributed by atoms with van der Waals surface area (Å²) in [6.07, 6.45) is 7.00. The number of carbonyl (C=O) groups excluding carboxylic acids is 1. The van der Waals surface area contributed by atoms with Crippen LogP contribution in [-0.2, 0) is 0 Å². The van der Waals surface area contributed by atoms with Crippen LogP contribution in [0.1, 0.15) is 54.3 Å². The van der Waals surface area contributed by atoms with E-state index in [2.05, 4.69) is 20.6 Å². The molecule has 1 aromatic carbocycles. The molecular formula is C22H25FN4O2S. The molecule has 0 bridgehead atoms. The SMILES string of the molecule is CCNC(=O)c1sc2ncnc(Nc3ccc(F)cc3OC3CCCCC3)c2c1C. The first-order valence-electron chi connectivity index (χ1n) is 10.3. The normalized spacial score (nSPS) is 14.6. The average molecular weight is 429 g/mol. The highest BCUT2D eigenvalue weighted by Crippen LogP contribution is 2.37. The van der Waals surface area contributed by atoms with Gasteiger partial charge in [0.1, 0.15) is 28.5 Å². The van der Waals surface area contributed by atoms with Crippen molar-refractivity contribution in [1.29, 1.82) is 0 Å². The first-order valence-corrected chi connectivity index (χ1v) is 11.1. The minimum absolute atomic E-state index is 0.0961. The van der Waals surface area contributed by atoms with Crippen LogP contribution in [0.15, 0.2) is 24.5 Å². The maximum Gasteiger partial charge on any atom is 0.261 e. The van der Waals surface area contributed by atoms with E-state index in [0.29, 0.717) is 28.7 Å². The van der Waals surface area contributed by atoms with Gasteiger partial charge in [-0.15, -0.1) is 11.3 Å². The molecule has 0 radical (unpaired) electrons. The van der Waals surface area contributed by atoms with Crippen LogP contribution >= 0.6 is 11.3 Å². The van der Waals surface area contributed by atoms with Gasteiger partial charge in [-0.25, -0.2) is 14.4 Å². The lowest BCUT2D eigenvalue weighted by Gasteiger charge is -2.24. The van der Waals surface area contributed by atoms with Crippen molar-refractivity contribution in [2.75, 3.05) is 11.9 Å². The predicted molar refractivity (Wildman–Crippen MR) is 117 cm³/mol. The van der Waals surface area contributed by atoms with Gasteiger partial charge in [0.15, 0.2) is 0 Å². The van der Waals surface area contributed by atoms with Crippen molar-refractivity contribution in [2.24, 2.45) is 0 Å². The Hall–Kier alpha value is -2.74. The summed E-state index contributed by atoms with van der Waals surface area (Å²) in [5, 5.41) is 6.91. The van der Waals surface area contributed by atoms with Gasteiger partial charge in [0.25, 0.3) is 5.91 Å². The highest BCUT2D eigenvalue weighted by molar-refractivity contribution is 7.20. The number of rotatable bonds is 6. The molecule has 2 heterocycles. The van der Waals surface area contributed by atoms with Crippen LogP contribution in [0.25, 0.3) is 10.2 Å². The molecule has 0 saturated heterocycles. The molecule has 1 aliphatic carbocycles. The van der Waals surface area contributed by atoms with Gasteiger partial charge in [-0.1, -0.05) is 6.42 Å². The fourth-order valence-corrected chi connectivity index (χ4v) is 4.88. The molecule has 1 aliphatic rings. The van der Waals surface area contributed by atoms with Gasteiger partial charge in [0.2, 0.25) is 0 Å². The van der Waals surface area contributed by atoms with Gasteiger partial charge in [0, 0.05) is 12.6 Å². The van der Waals surface area contributed by atoms with E-state index in [9.17, 15) is 9.18 Å². The third-order valence-corrected chi connectivity index (χ3v) is 6.51. The fraction of sp³-hybridized carbons (Fsp3) is 0.409. The van der Waals surface area contributed by atoms with Crippen molar-refractivity contribution in [3.05, 3.63) is 40.8 Å². The summed E-state index contributed by atoms with van der Waals surface area (Å²) in [4.78, 5) is 22.5. The van der Waals surface area contributed by atoms with Crippen molar-refractivity contribution in [1.82, 2.24) is 15.3 Å². The van der Waals surface area contributed by atoms with E-state index in [1.54, 1.807) is 6.07 Å². The molecule has 0 aliphatic heterocycles. The Kier molecular flexibility index (Phi) is 6.13. The molecule has 1 saturated carbocycles. The maximum absolute atomic E-state index is 13.9. The van der Waals surface area contributed by atoms with E-state index in [0.717, 1.165) is 41.5 Å². The van der Waals surface area contributed by atoms with Crippen molar-refractivity contribution in [2.45, 2.75) is 52.1 Å². The number of ether oxygens (including phenoxy) is 1. The molecule has 2 N–H and O–H groups in total. The monoisotopic (exact) mass is 428 g/mol. The number of fused-ring (bicyclic) bond motifs is 1. The highest BCUT2D eigenvalue weighted by atomic mass is 32.1. The first kappa shape index (κ1) is 20.5. The van der Waals surface area contributed by atoms with Crippen LogP contribution in [0.2, 0.25) is 0 Å². The van der Waals surface area contributed by atoms with Crippen LogP contribution in [0.5, 0.6) is 5.75 Å². The van der Waals surface area contributed by atoms with Crippen LogP contribution in [0.3, 0.4) is 0 Å². The average Bonchev–Trinajstić information content (AvgIpc) is 3.09. The van der Waals surface area contributed by atoms with E-state index in [-0.39, 0.29) is 17.8 Å². The molecule has 2 aromatic heterocycles. The molecule has 3 aromatic rings. The summed E-state index contributed by atoms with van der Waals surface area (Å²) in [6, 6.07) is 4.47. The Balaban J connectivity index is 1.68. The lowest BCUT2D eigenvalue weighted by molar-refractivity contribution is 0.0959. The van der Waals surface area contributed by atoms with Crippen LogP contribution in [0.4, 0.5) is 15.9 Å². The molecular weight excluding hydrogens is 403 g/mol. The molecule has 6 nitrogen and oxygen atoms in total. The lowest BCUT2D eigenvalue weighted by Crippen LogP contribution is -2.22. The number of amides is 1. The van der Waals surface area contributed by atoms with E-state index >= 15 is 0 Å². The van der Waals surface area contributed by atoms with E-state index in [1.807, 2.05) is 13.8 Å². The standard InChI is InChI=1S/C22H25FN4O2S/c1-3-24-21(28)19-13(2)18-20(25-12-26-22(18)30-19)27-16-10-9-14(23)11-17(16)29-15-7-5-4-6-8-15/h9-12,15H,3-8H2,1-2H3,(H,24,28)(H,25,26,27). The molecule has 4 rings (SSSR count). The number of aromatic nitrogens is 2. The second kappa shape index (κ2) is 8.95. The summed E-state index contributed by atoms with van der Waals surface area (Å²) in [7, 11) is 0. The number of carbonyl (C=O) groups is 1. The van der Waals surface area contributed by atoms with Crippen LogP contribution in [0, 0.1) is 12.7 Å². The Labute approximate surface area is 178 Å². The predicted octanol–water partition coefficient (Wildman–Crippen LogP) is 5.34. The Morgan fingerprint density at radius 3 is 2.83 bits per heavy atom. The van der Waals surface area contributed by atoms with Crippen LogP contribution in [-0.4, -0.2) is 28.5 Å². The molecule has 0 unspecified atom stereocenters. The molecule has 1 fully saturated rings. The fourth-order valence-electron chi connectivity index (χ4n) is 3.81. The van der Waals surface area contributed by atoms with Crippen molar-refractivity contribution in [3.8, 4) is 5.75 Å². The van der Waals surface area contributed by atoms with Gasteiger partial charge >= 0.3 is 0 Å². The van der Waals surface area contributed by atoms with E-state index in [1.165, 1.54) is 36.2 Å². The number of anilines is 2.